The molecule has 0 aliphatic carbocycles. The largest absolute Gasteiger partial charge is 0.444 e. The number of amides is 2. The van der Waals surface area contributed by atoms with Gasteiger partial charge in [0, 0.05) is 24.9 Å². The topological polar surface area (TPSA) is 98.6 Å². The van der Waals surface area contributed by atoms with Gasteiger partial charge in [0.1, 0.15) is 23.5 Å². The van der Waals surface area contributed by atoms with Gasteiger partial charge in [-0.05, 0) is 39.3 Å². The van der Waals surface area contributed by atoms with Gasteiger partial charge in [0.15, 0.2) is 5.69 Å². The lowest BCUT2D eigenvalue weighted by atomic mass is 10.1. The Balaban J connectivity index is 1.80. The van der Waals surface area contributed by atoms with Crippen LogP contribution in [0.1, 0.15) is 38.4 Å². The second kappa shape index (κ2) is 9.05. The molecule has 1 N–H and O–H groups in total. The number of hydrogen-bond donors (Lipinski definition) is 1. The van der Waals surface area contributed by atoms with Crippen LogP contribution in [0, 0.1) is 11.3 Å². The molecule has 0 aromatic carbocycles. The van der Waals surface area contributed by atoms with Crippen LogP contribution in [-0.4, -0.2) is 69.2 Å². The Bertz CT molecular complexity index is 923. The maximum Gasteiger partial charge on any atom is 0.419 e. The molecular weight excluding hydrogens is 447 g/mol. The number of thioether (sulfide) groups is 1. The van der Waals surface area contributed by atoms with Crippen LogP contribution in [0.5, 0.6) is 0 Å². The van der Waals surface area contributed by atoms with E-state index in [1.807, 2.05) is 0 Å². The summed E-state index contributed by atoms with van der Waals surface area (Å²) in [6.45, 7) is 5.86. The van der Waals surface area contributed by atoms with Gasteiger partial charge in [-0.25, -0.2) is 9.78 Å². The summed E-state index contributed by atoms with van der Waals surface area (Å²) >= 11 is 1.62. The fourth-order valence-electron chi connectivity index (χ4n) is 3.56. The second-order valence-corrected chi connectivity index (χ2v) is 9.64. The van der Waals surface area contributed by atoms with Crippen molar-refractivity contribution in [3.8, 4) is 6.07 Å². The summed E-state index contributed by atoms with van der Waals surface area (Å²) in [6.07, 6.45) is -5.09. The van der Waals surface area contributed by atoms with Crippen LogP contribution in [0.15, 0.2) is 12.1 Å². The van der Waals surface area contributed by atoms with E-state index < -0.39 is 41.2 Å². The number of rotatable bonds is 3. The van der Waals surface area contributed by atoms with Crippen LogP contribution >= 0.6 is 11.8 Å². The molecule has 3 rings (SSSR count). The number of ether oxygens (including phenoxy) is 1. The first-order chi connectivity index (χ1) is 14.9. The number of pyridine rings is 1. The molecule has 2 atom stereocenters. The van der Waals surface area contributed by atoms with Crippen molar-refractivity contribution < 1.29 is 27.5 Å². The van der Waals surface area contributed by atoms with Crippen LogP contribution in [0.25, 0.3) is 0 Å². The third-order valence-electron chi connectivity index (χ3n) is 4.94. The number of aromatic nitrogens is 1. The molecule has 0 bridgehead atoms. The number of nitriles is 1. The maximum absolute atomic E-state index is 13.0. The molecule has 0 spiro atoms. The number of hydrogen-bond acceptors (Lipinski definition) is 7. The van der Waals surface area contributed by atoms with Gasteiger partial charge in [0.25, 0.3) is 0 Å². The minimum Gasteiger partial charge on any atom is -0.444 e. The van der Waals surface area contributed by atoms with Crippen molar-refractivity contribution in [2.75, 3.05) is 30.0 Å². The molecule has 0 saturated carbocycles. The molecule has 32 heavy (non-hydrogen) atoms. The van der Waals surface area contributed by atoms with Crippen molar-refractivity contribution >= 4 is 29.6 Å². The molecule has 2 amide bonds. The molecule has 174 valence electrons. The highest BCUT2D eigenvalue weighted by atomic mass is 32.2. The third-order valence-corrected chi connectivity index (χ3v) is 5.90. The van der Waals surface area contributed by atoms with Gasteiger partial charge in [-0.2, -0.15) is 18.4 Å². The second-order valence-electron chi connectivity index (χ2n) is 8.57. The van der Waals surface area contributed by atoms with E-state index in [2.05, 4.69) is 10.3 Å². The van der Waals surface area contributed by atoms with E-state index in [-0.39, 0.29) is 24.7 Å². The Hall–Kier alpha value is -2.68. The minimum atomic E-state index is -4.69. The molecule has 0 unspecified atom stereocenters. The fourth-order valence-corrected chi connectivity index (χ4v) is 4.51. The normalized spacial score (nSPS) is 21.4. The standard InChI is InChI=1S/C20H24F3N5O3S/c1-19(2,3)31-18(30)28-10-12(8-15(28)17(29)27-6-7-32-11-27)25-16-5-4-13(20(21,22)23)14(9-24)26-16/h4-5,12,15H,6-8,10-11H2,1-3H3,(H,25,26)/t12-,15-/m0/s1. The van der Waals surface area contributed by atoms with Crippen LogP contribution in [0.3, 0.4) is 0 Å². The highest BCUT2D eigenvalue weighted by molar-refractivity contribution is 7.99. The van der Waals surface area contributed by atoms with Crippen molar-refractivity contribution in [3.63, 3.8) is 0 Å². The summed E-state index contributed by atoms with van der Waals surface area (Å²) in [5.74, 6) is 1.23. The number of halogens is 3. The van der Waals surface area contributed by atoms with Gasteiger partial charge in [-0.1, -0.05) is 0 Å². The van der Waals surface area contributed by atoms with Crippen molar-refractivity contribution in [2.45, 2.75) is 51.1 Å². The molecule has 2 fully saturated rings. The Labute approximate surface area is 188 Å². The van der Waals surface area contributed by atoms with Crippen LogP contribution < -0.4 is 5.32 Å². The Kier molecular flexibility index (Phi) is 6.78. The molecule has 3 heterocycles. The number of carbonyl (C=O) groups is 2. The Morgan fingerprint density at radius 1 is 1.31 bits per heavy atom. The zero-order chi connectivity index (χ0) is 23.7. The maximum atomic E-state index is 13.0. The zero-order valence-corrected chi connectivity index (χ0v) is 18.7. The average molecular weight is 472 g/mol. The first-order valence-electron chi connectivity index (χ1n) is 10.00. The van der Waals surface area contributed by atoms with Gasteiger partial charge in [-0.15, -0.1) is 11.8 Å². The SMILES string of the molecule is CC(C)(C)OC(=O)N1C[C@@H](Nc2ccc(C(F)(F)F)c(C#N)n2)C[C@H]1C(=O)N1CCSC1. The van der Waals surface area contributed by atoms with Crippen LogP contribution in [0.4, 0.5) is 23.8 Å². The lowest BCUT2D eigenvalue weighted by molar-refractivity contribution is -0.138. The van der Waals surface area contributed by atoms with Crippen molar-refractivity contribution in [2.24, 2.45) is 0 Å². The van der Waals surface area contributed by atoms with E-state index >= 15 is 0 Å². The average Bonchev–Trinajstić information content (AvgIpc) is 3.35. The van der Waals surface area contributed by atoms with Gasteiger partial charge >= 0.3 is 12.3 Å². The first-order valence-corrected chi connectivity index (χ1v) is 11.2. The highest BCUT2D eigenvalue weighted by Gasteiger charge is 2.44. The summed E-state index contributed by atoms with van der Waals surface area (Å²) in [7, 11) is 0. The predicted octanol–water partition coefficient (Wildman–Crippen LogP) is 3.29. The van der Waals surface area contributed by atoms with E-state index in [0.717, 1.165) is 17.9 Å². The lowest BCUT2D eigenvalue weighted by Gasteiger charge is -2.29. The zero-order valence-electron chi connectivity index (χ0n) is 17.9. The van der Waals surface area contributed by atoms with Crippen molar-refractivity contribution in [1.82, 2.24) is 14.8 Å². The highest BCUT2D eigenvalue weighted by Crippen LogP contribution is 2.32. The summed E-state index contributed by atoms with van der Waals surface area (Å²) in [6, 6.07) is 2.17. The van der Waals surface area contributed by atoms with Crippen molar-refractivity contribution in [3.05, 3.63) is 23.4 Å². The Morgan fingerprint density at radius 3 is 2.59 bits per heavy atom. The number of nitrogens with one attached hydrogen (secondary N) is 1. The first kappa shape index (κ1) is 24.0. The minimum absolute atomic E-state index is 0.0634. The quantitative estimate of drug-likeness (QED) is 0.722. The van der Waals surface area contributed by atoms with E-state index in [9.17, 15) is 22.8 Å². The molecule has 2 aliphatic rings. The molecule has 8 nitrogen and oxygen atoms in total. The number of carbonyl (C=O) groups excluding carboxylic acids is 2. The van der Waals surface area contributed by atoms with Crippen LogP contribution in [0.2, 0.25) is 0 Å². The summed E-state index contributed by atoms with van der Waals surface area (Å²) in [5.41, 5.74) is -2.62. The summed E-state index contributed by atoms with van der Waals surface area (Å²) < 4.78 is 44.5. The van der Waals surface area contributed by atoms with Gasteiger partial charge < -0.3 is 15.0 Å². The van der Waals surface area contributed by atoms with E-state index in [1.165, 1.54) is 11.0 Å². The smallest absolute Gasteiger partial charge is 0.419 e. The van der Waals surface area contributed by atoms with E-state index in [0.29, 0.717) is 12.4 Å². The molecule has 0 radical (unpaired) electrons. The predicted molar refractivity (Wildman–Crippen MR) is 112 cm³/mol. The molecule has 2 aliphatic heterocycles. The molecule has 1 aromatic heterocycles. The van der Waals surface area contributed by atoms with Crippen molar-refractivity contribution in [1.29, 1.82) is 5.26 Å². The van der Waals surface area contributed by atoms with E-state index in [1.54, 1.807) is 37.4 Å². The van der Waals surface area contributed by atoms with Gasteiger partial charge in [0.05, 0.1) is 11.4 Å². The van der Waals surface area contributed by atoms with Gasteiger partial charge in [-0.3, -0.25) is 9.69 Å². The molecule has 12 heteroatoms. The molecule has 2 saturated heterocycles. The monoisotopic (exact) mass is 471 g/mol. The number of likely N-dealkylation sites (tertiary alicyclic amines) is 1. The fraction of sp³-hybridized carbons (Fsp3) is 0.600. The Morgan fingerprint density at radius 2 is 2.03 bits per heavy atom. The number of anilines is 1. The third kappa shape index (κ3) is 5.56. The number of alkyl halides is 3. The molecular formula is C20H24F3N5O3S. The lowest BCUT2D eigenvalue weighted by Crippen LogP contribution is -2.48. The van der Waals surface area contributed by atoms with E-state index in [4.69, 9.17) is 10.00 Å². The van der Waals surface area contributed by atoms with Gasteiger partial charge in [0.2, 0.25) is 5.91 Å². The summed E-state index contributed by atoms with van der Waals surface area (Å²) in [5, 5.41) is 12.0. The molecule has 1 aromatic rings. The number of nitrogens with zero attached hydrogens (tertiary/aromatic N) is 4. The van der Waals surface area contributed by atoms with Crippen LogP contribution in [-0.2, 0) is 15.7 Å². The summed E-state index contributed by atoms with van der Waals surface area (Å²) in [4.78, 5) is 32.6.